The fourth-order valence-electron chi connectivity index (χ4n) is 5.35. The van der Waals surface area contributed by atoms with Crippen LogP contribution in [-0.2, 0) is 15.0 Å². The van der Waals surface area contributed by atoms with Crippen LogP contribution in [0.1, 0.15) is 60.5 Å². The van der Waals surface area contributed by atoms with E-state index in [1.807, 2.05) is 30.5 Å². The standard InChI is InChI=1S/C29H29N3O6S/c1-13-24(35)22(15(3)33)26-23(25(13)36)29(4)20(38-26)12-19(34)21(27(29)37)14(2)30-18(10-11-39-5)28-31-16-8-6-7-9-17(16)32-28/h6-9,12,18,30,35-36H,10-11H2,1-5H3,(H,31,32)/b21-14+/t18-,29-/m0/s1. The van der Waals surface area contributed by atoms with Crippen molar-refractivity contribution in [2.75, 3.05) is 12.0 Å². The van der Waals surface area contributed by atoms with Crippen LogP contribution in [0.3, 0.4) is 0 Å². The number of rotatable bonds is 7. The average molecular weight is 548 g/mol. The Morgan fingerprint density at radius 3 is 2.59 bits per heavy atom. The van der Waals surface area contributed by atoms with E-state index in [1.54, 1.807) is 25.6 Å². The van der Waals surface area contributed by atoms with Crippen LogP contribution in [0.4, 0.5) is 0 Å². The number of phenolic OH excluding ortho intramolecular Hbond substituents is 2. The van der Waals surface area contributed by atoms with Gasteiger partial charge in [0.25, 0.3) is 0 Å². The number of aromatic hydroxyl groups is 2. The van der Waals surface area contributed by atoms with Crippen molar-refractivity contribution in [3.05, 3.63) is 69.9 Å². The molecular formula is C29H29N3O6S. The first-order valence-electron chi connectivity index (χ1n) is 12.5. The number of carbonyl (C=O) groups is 3. The van der Waals surface area contributed by atoms with Gasteiger partial charge in [0.2, 0.25) is 0 Å². The molecule has 3 aromatic rings. The molecule has 1 aromatic heterocycles. The number of fused-ring (bicyclic) bond motifs is 4. The fourth-order valence-corrected chi connectivity index (χ4v) is 5.82. The molecule has 0 bridgehead atoms. The molecule has 2 atom stereocenters. The van der Waals surface area contributed by atoms with E-state index in [9.17, 15) is 24.6 Å². The van der Waals surface area contributed by atoms with E-state index in [0.29, 0.717) is 17.9 Å². The van der Waals surface area contributed by atoms with Gasteiger partial charge in [0, 0.05) is 17.3 Å². The number of nitrogens with zero attached hydrogens (tertiary/aromatic N) is 1. The number of Topliss-reactive ketones (excluding diaryl/α,β-unsaturated/α-hetero) is 2. The highest BCUT2D eigenvalue weighted by molar-refractivity contribution is 7.98. The van der Waals surface area contributed by atoms with Gasteiger partial charge in [0.15, 0.2) is 17.3 Å². The Kier molecular flexibility index (Phi) is 6.54. The summed E-state index contributed by atoms with van der Waals surface area (Å²) in [6.45, 7) is 5.93. The van der Waals surface area contributed by atoms with Crippen LogP contribution < -0.4 is 10.1 Å². The molecule has 0 fully saturated rings. The normalized spacial score (nSPS) is 20.3. The first kappa shape index (κ1) is 26.6. The van der Waals surface area contributed by atoms with Gasteiger partial charge in [-0.15, -0.1) is 0 Å². The number of allylic oxidation sites excluding steroid dienone is 4. The number of para-hydroxylation sites is 2. The molecule has 0 spiro atoms. The van der Waals surface area contributed by atoms with Gasteiger partial charge >= 0.3 is 0 Å². The van der Waals surface area contributed by atoms with Gasteiger partial charge in [-0.25, -0.2) is 4.98 Å². The zero-order chi connectivity index (χ0) is 28.2. The van der Waals surface area contributed by atoms with Crippen molar-refractivity contribution < 1.29 is 29.3 Å². The number of imidazole rings is 1. The summed E-state index contributed by atoms with van der Waals surface area (Å²) < 4.78 is 5.85. The summed E-state index contributed by atoms with van der Waals surface area (Å²) in [6, 6.07) is 7.36. The Morgan fingerprint density at radius 1 is 1.21 bits per heavy atom. The fraction of sp³-hybridized carbons (Fsp3) is 0.310. The van der Waals surface area contributed by atoms with Gasteiger partial charge in [-0.2, -0.15) is 11.8 Å². The molecule has 4 N–H and O–H groups in total. The molecule has 1 aliphatic heterocycles. The van der Waals surface area contributed by atoms with Crippen molar-refractivity contribution in [1.29, 1.82) is 0 Å². The summed E-state index contributed by atoms with van der Waals surface area (Å²) in [5.74, 6) is -1.000. The van der Waals surface area contributed by atoms with Gasteiger partial charge in [-0.3, -0.25) is 14.4 Å². The Bertz CT molecular complexity index is 1600. The lowest BCUT2D eigenvalue weighted by Gasteiger charge is -2.29. The lowest BCUT2D eigenvalue weighted by atomic mass is 9.70. The number of nitrogens with one attached hydrogen (secondary N) is 2. The molecule has 1 aliphatic carbocycles. The Hall–Kier alpha value is -4.05. The van der Waals surface area contributed by atoms with Crippen molar-refractivity contribution in [3.63, 3.8) is 0 Å². The quantitative estimate of drug-likeness (QED) is 0.191. The number of ketones is 3. The van der Waals surface area contributed by atoms with Crippen LogP contribution in [0.5, 0.6) is 17.2 Å². The summed E-state index contributed by atoms with van der Waals surface area (Å²) in [5.41, 5.74) is 0.399. The molecule has 0 saturated carbocycles. The highest BCUT2D eigenvalue weighted by Crippen LogP contribution is 2.57. The van der Waals surface area contributed by atoms with Crippen LogP contribution in [0, 0.1) is 6.92 Å². The van der Waals surface area contributed by atoms with Gasteiger partial charge in [0.05, 0.1) is 28.2 Å². The molecule has 0 amide bonds. The van der Waals surface area contributed by atoms with Crippen molar-refractivity contribution in [2.24, 2.45) is 0 Å². The Morgan fingerprint density at radius 2 is 1.92 bits per heavy atom. The average Bonchev–Trinajstić information content (AvgIpc) is 3.44. The van der Waals surface area contributed by atoms with Gasteiger partial charge in [-0.05, 0) is 58.3 Å². The second kappa shape index (κ2) is 9.60. The number of hydrogen-bond acceptors (Lipinski definition) is 9. The molecule has 2 heterocycles. The molecular weight excluding hydrogens is 518 g/mol. The van der Waals surface area contributed by atoms with Crippen molar-refractivity contribution in [3.8, 4) is 17.2 Å². The van der Waals surface area contributed by atoms with E-state index in [-0.39, 0.29) is 45.6 Å². The van der Waals surface area contributed by atoms with Gasteiger partial charge < -0.3 is 25.3 Å². The molecule has 39 heavy (non-hydrogen) atoms. The molecule has 202 valence electrons. The zero-order valence-electron chi connectivity index (χ0n) is 22.3. The van der Waals surface area contributed by atoms with E-state index in [0.717, 1.165) is 16.8 Å². The lowest BCUT2D eigenvalue weighted by molar-refractivity contribution is -0.123. The summed E-state index contributed by atoms with van der Waals surface area (Å²) in [7, 11) is 0. The molecule has 10 heteroatoms. The number of aromatic nitrogens is 2. The molecule has 5 rings (SSSR count). The van der Waals surface area contributed by atoms with Crippen LogP contribution in [0.15, 0.2) is 47.4 Å². The first-order valence-corrected chi connectivity index (χ1v) is 13.9. The lowest BCUT2D eigenvalue weighted by Crippen LogP contribution is -2.41. The highest BCUT2D eigenvalue weighted by atomic mass is 32.2. The summed E-state index contributed by atoms with van der Waals surface area (Å²) in [4.78, 5) is 47.9. The Labute approximate surface area is 229 Å². The molecule has 2 aromatic carbocycles. The summed E-state index contributed by atoms with van der Waals surface area (Å²) in [6.07, 6.45) is 3.90. The first-order chi connectivity index (χ1) is 18.5. The maximum atomic E-state index is 14.1. The number of hydrogen-bond donors (Lipinski definition) is 4. The number of H-pyrrole nitrogens is 1. The van der Waals surface area contributed by atoms with E-state index in [1.165, 1.54) is 19.9 Å². The molecule has 9 nitrogen and oxygen atoms in total. The Balaban J connectivity index is 1.60. The van der Waals surface area contributed by atoms with Crippen LogP contribution in [0.2, 0.25) is 0 Å². The molecule has 2 aliphatic rings. The third-order valence-corrected chi connectivity index (χ3v) is 8.14. The third kappa shape index (κ3) is 4.01. The van der Waals surface area contributed by atoms with E-state index in [4.69, 9.17) is 9.72 Å². The topological polar surface area (TPSA) is 142 Å². The number of thioether (sulfide) groups is 1. The van der Waals surface area contributed by atoms with E-state index >= 15 is 0 Å². The third-order valence-electron chi connectivity index (χ3n) is 7.50. The number of carbonyl (C=O) groups excluding carboxylic acids is 3. The summed E-state index contributed by atoms with van der Waals surface area (Å²) in [5, 5.41) is 24.9. The maximum absolute atomic E-state index is 14.1. The van der Waals surface area contributed by atoms with Crippen molar-refractivity contribution >= 4 is 40.1 Å². The minimum Gasteiger partial charge on any atom is -0.507 e. The zero-order valence-corrected chi connectivity index (χ0v) is 23.1. The van der Waals surface area contributed by atoms with Gasteiger partial charge in [0.1, 0.15) is 39.8 Å². The molecule has 0 radical (unpaired) electrons. The van der Waals surface area contributed by atoms with E-state index in [2.05, 4.69) is 10.3 Å². The number of benzene rings is 2. The van der Waals surface area contributed by atoms with Gasteiger partial charge in [-0.1, -0.05) is 12.1 Å². The van der Waals surface area contributed by atoms with Crippen LogP contribution >= 0.6 is 11.8 Å². The monoisotopic (exact) mass is 547 g/mol. The summed E-state index contributed by atoms with van der Waals surface area (Å²) >= 11 is 1.67. The second-order valence-electron chi connectivity index (χ2n) is 10.0. The molecule has 0 saturated heterocycles. The largest absolute Gasteiger partial charge is 0.507 e. The van der Waals surface area contributed by atoms with Crippen molar-refractivity contribution in [1.82, 2.24) is 15.3 Å². The number of phenols is 2. The maximum Gasteiger partial charge on any atom is 0.194 e. The van der Waals surface area contributed by atoms with Crippen LogP contribution in [0.25, 0.3) is 11.0 Å². The number of aromatic amines is 1. The smallest absolute Gasteiger partial charge is 0.194 e. The highest BCUT2D eigenvalue weighted by Gasteiger charge is 2.56. The van der Waals surface area contributed by atoms with Crippen LogP contribution in [-0.4, -0.2) is 49.5 Å². The second-order valence-corrected chi connectivity index (χ2v) is 11.0. The minimum absolute atomic E-state index is 0.00284. The SMILES string of the molecule is CSCC[C@H](N/C(C)=C1\C(=O)C=C2Oc3c(C(C)=O)c(O)c(C)c(O)c3[C@@]2(C)C1=O)c1nc2ccccc2[nH]1. The van der Waals surface area contributed by atoms with Crippen molar-refractivity contribution in [2.45, 2.75) is 45.6 Å². The van der Waals surface area contributed by atoms with E-state index < -0.39 is 28.5 Å². The number of ether oxygens (including phenoxy) is 1. The molecule has 0 unspecified atom stereocenters. The predicted molar refractivity (Wildman–Crippen MR) is 148 cm³/mol. The predicted octanol–water partition coefficient (Wildman–Crippen LogP) is 4.53. The minimum atomic E-state index is -1.57.